The molecule has 4 aromatic rings. The summed E-state index contributed by atoms with van der Waals surface area (Å²) in [7, 11) is 0. The maximum absolute atomic E-state index is 13.2. The minimum Gasteiger partial charge on any atom is -0.369 e. The van der Waals surface area contributed by atoms with Crippen LogP contribution in [0.5, 0.6) is 0 Å². The average Bonchev–Trinajstić information content (AvgIpc) is 3.23. The van der Waals surface area contributed by atoms with Gasteiger partial charge in [-0.25, -0.2) is 15.0 Å². The molecule has 4 aromatic heterocycles. The van der Waals surface area contributed by atoms with Crippen molar-refractivity contribution >= 4 is 16.9 Å². The highest BCUT2D eigenvalue weighted by Gasteiger charge is 2.32. The smallest absolute Gasteiger partial charge is 0.369 e. The minimum atomic E-state index is -4.54. The van der Waals surface area contributed by atoms with Crippen molar-refractivity contribution in [3.8, 4) is 5.95 Å². The highest BCUT2D eigenvalue weighted by molar-refractivity contribution is 6.07. The van der Waals surface area contributed by atoms with Gasteiger partial charge >= 0.3 is 6.18 Å². The van der Waals surface area contributed by atoms with Gasteiger partial charge in [0.25, 0.3) is 5.91 Å². The fourth-order valence-electron chi connectivity index (χ4n) is 3.67. The zero-order chi connectivity index (χ0) is 25.2. The van der Waals surface area contributed by atoms with Crippen LogP contribution in [-0.2, 0) is 10.9 Å². The van der Waals surface area contributed by atoms with E-state index in [2.05, 4.69) is 25.3 Å². The summed E-state index contributed by atoms with van der Waals surface area (Å²) in [4.78, 5) is 29.7. The van der Waals surface area contributed by atoms with Crippen molar-refractivity contribution in [2.45, 2.75) is 39.2 Å². The van der Waals surface area contributed by atoms with Gasteiger partial charge < -0.3 is 10.1 Å². The number of hydrogen-bond acceptors (Lipinski definition) is 6. The van der Waals surface area contributed by atoms with Gasteiger partial charge in [0.15, 0.2) is 0 Å². The van der Waals surface area contributed by atoms with Gasteiger partial charge in [-0.3, -0.25) is 14.3 Å². The summed E-state index contributed by atoms with van der Waals surface area (Å²) in [6.07, 6.45) is 2.10. The number of aryl methyl sites for hydroxylation is 1. The molecule has 0 radical (unpaired) electrons. The largest absolute Gasteiger partial charge is 0.433 e. The lowest BCUT2D eigenvalue weighted by Crippen LogP contribution is -2.30. The standard InChI is InChI=1S/C24H23F3N6O2/c1-14(2)35-18(16-5-6-19(31-11-16)24(25,26)27)12-32-22(34)17-13-33(23-29-8-4-9-30-23)21-20(17)15(3)7-10-28-21/h4-11,13-14,18H,12H2,1-3H3,(H,32,34). The molecule has 0 aromatic carbocycles. The van der Waals surface area contributed by atoms with Crippen LogP contribution < -0.4 is 5.32 Å². The molecule has 1 unspecified atom stereocenters. The maximum Gasteiger partial charge on any atom is 0.433 e. The van der Waals surface area contributed by atoms with Crippen molar-refractivity contribution in [1.82, 2.24) is 29.8 Å². The molecule has 1 amide bonds. The Labute approximate surface area is 199 Å². The first kappa shape index (κ1) is 24.3. The molecule has 11 heteroatoms. The van der Waals surface area contributed by atoms with Crippen molar-refractivity contribution in [2.24, 2.45) is 0 Å². The molecule has 0 saturated heterocycles. The van der Waals surface area contributed by atoms with Gasteiger partial charge in [0.05, 0.1) is 11.7 Å². The molecule has 1 N–H and O–H groups in total. The summed E-state index contributed by atoms with van der Waals surface area (Å²) in [5.41, 5.74) is 1.17. The summed E-state index contributed by atoms with van der Waals surface area (Å²) < 4.78 is 46.2. The number of amides is 1. The van der Waals surface area contributed by atoms with Crippen LogP contribution in [0.1, 0.15) is 47.1 Å². The maximum atomic E-state index is 13.2. The number of nitrogens with one attached hydrogen (secondary N) is 1. The Morgan fingerprint density at radius 1 is 1.09 bits per heavy atom. The van der Waals surface area contributed by atoms with Gasteiger partial charge in [0, 0.05) is 48.5 Å². The van der Waals surface area contributed by atoms with E-state index in [4.69, 9.17) is 4.74 Å². The van der Waals surface area contributed by atoms with Crippen molar-refractivity contribution in [2.75, 3.05) is 6.54 Å². The fraction of sp³-hybridized carbons (Fsp3) is 0.292. The summed E-state index contributed by atoms with van der Waals surface area (Å²) in [6.45, 7) is 5.50. The van der Waals surface area contributed by atoms with E-state index >= 15 is 0 Å². The third-order valence-electron chi connectivity index (χ3n) is 5.24. The van der Waals surface area contributed by atoms with Gasteiger partial charge in [0.2, 0.25) is 5.95 Å². The van der Waals surface area contributed by atoms with Crippen LogP contribution in [0.4, 0.5) is 13.2 Å². The Kier molecular flexibility index (Phi) is 6.79. The predicted octanol–water partition coefficient (Wildman–Crippen LogP) is 4.43. The normalized spacial score (nSPS) is 12.8. The quantitative estimate of drug-likeness (QED) is 0.417. The second kappa shape index (κ2) is 9.79. The van der Waals surface area contributed by atoms with Crippen LogP contribution in [0.15, 0.2) is 55.2 Å². The summed E-state index contributed by atoms with van der Waals surface area (Å²) in [5.74, 6) is -0.0236. The van der Waals surface area contributed by atoms with E-state index < -0.39 is 23.9 Å². The number of alkyl halides is 3. The second-order valence-electron chi connectivity index (χ2n) is 8.15. The zero-order valence-corrected chi connectivity index (χ0v) is 19.2. The lowest BCUT2D eigenvalue weighted by Gasteiger charge is -2.21. The van der Waals surface area contributed by atoms with Gasteiger partial charge in [-0.1, -0.05) is 6.07 Å². The number of aromatic nitrogens is 5. The molecule has 182 valence electrons. The first-order valence-electron chi connectivity index (χ1n) is 10.9. The number of pyridine rings is 2. The SMILES string of the molecule is Cc1ccnc2c1c(C(=O)NCC(OC(C)C)c1ccc(C(F)(F)F)nc1)cn2-c1ncccn1. The fourth-order valence-corrected chi connectivity index (χ4v) is 3.67. The highest BCUT2D eigenvalue weighted by atomic mass is 19.4. The number of carbonyl (C=O) groups excluding carboxylic acids is 1. The minimum absolute atomic E-state index is 0.0257. The third-order valence-corrected chi connectivity index (χ3v) is 5.24. The second-order valence-corrected chi connectivity index (χ2v) is 8.15. The van der Waals surface area contributed by atoms with E-state index in [1.54, 1.807) is 55.3 Å². The number of fused-ring (bicyclic) bond motifs is 1. The monoisotopic (exact) mass is 484 g/mol. The Balaban J connectivity index is 1.61. The van der Waals surface area contributed by atoms with E-state index in [0.717, 1.165) is 17.8 Å². The van der Waals surface area contributed by atoms with Crippen LogP contribution in [0.25, 0.3) is 17.0 Å². The molecular formula is C24H23F3N6O2. The number of ether oxygens (including phenoxy) is 1. The number of rotatable bonds is 7. The molecule has 0 spiro atoms. The van der Waals surface area contributed by atoms with Crippen molar-refractivity contribution < 1.29 is 22.7 Å². The van der Waals surface area contributed by atoms with Gasteiger partial charge in [-0.05, 0) is 44.5 Å². The van der Waals surface area contributed by atoms with E-state index in [9.17, 15) is 18.0 Å². The Morgan fingerprint density at radius 3 is 2.46 bits per heavy atom. The van der Waals surface area contributed by atoms with Gasteiger partial charge in [-0.2, -0.15) is 13.2 Å². The Bertz CT molecular complexity index is 1320. The number of nitrogens with zero attached hydrogens (tertiary/aromatic N) is 5. The van der Waals surface area contributed by atoms with Crippen LogP contribution in [-0.4, -0.2) is 43.1 Å². The average molecular weight is 484 g/mol. The molecule has 0 aliphatic carbocycles. The van der Waals surface area contributed by atoms with Crippen molar-refractivity contribution in [3.05, 3.63) is 77.6 Å². The number of halogens is 3. The molecule has 0 saturated carbocycles. The molecule has 0 bridgehead atoms. The van der Waals surface area contributed by atoms with E-state index in [-0.39, 0.29) is 12.6 Å². The molecule has 0 aliphatic rings. The molecule has 1 atom stereocenters. The Morgan fingerprint density at radius 2 is 1.83 bits per heavy atom. The van der Waals surface area contributed by atoms with Crippen molar-refractivity contribution in [1.29, 1.82) is 0 Å². The topological polar surface area (TPSA) is 94.8 Å². The van der Waals surface area contributed by atoms with Crippen LogP contribution in [0, 0.1) is 6.92 Å². The molecule has 35 heavy (non-hydrogen) atoms. The zero-order valence-electron chi connectivity index (χ0n) is 19.2. The van der Waals surface area contributed by atoms with Crippen LogP contribution in [0.2, 0.25) is 0 Å². The number of hydrogen-bond donors (Lipinski definition) is 1. The lowest BCUT2D eigenvalue weighted by molar-refractivity contribution is -0.141. The molecular weight excluding hydrogens is 461 g/mol. The van der Waals surface area contributed by atoms with Gasteiger partial charge in [-0.15, -0.1) is 0 Å². The van der Waals surface area contributed by atoms with Crippen molar-refractivity contribution in [3.63, 3.8) is 0 Å². The van der Waals surface area contributed by atoms with E-state index in [0.29, 0.717) is 28.1 Å². The molecule has 0 aliphatic heterocycles. The summed E-state index contributed by atoms with van der Waals surface area (Å²) in [5, 5.41) is 3.48. The van der Waals surface area contributed by atoms with Crippen LogP contribution >= 0.6 is 0 Å². The first-order chi connectivity index (χ1) is 16.6. The number of carbonyl (C=O) groups is 1. The van der Waals surface area contributed by atoms with Gasteiger partial charge in [0.1, 0.15) is 17.4 Å². The molecule has 8 nitrogen and oxygen atoms in total. The lowest BCUT2D eigenvalue weighted by atomic mass is 10.1. The molecule has 0 fully saturated rings. The molecule has 4 heterocycles. The third kappa shape index (κ3) is 5.29. The van der Waals surface area contributed by atoms with E-state index in [1.807, 2.05) is 6.92 Å². The first-order valence-corrected chi connectivity index (χ1v) is 10.9. The Hall–Kier alpha value is -3.86. The molecule has 4 rings (SSSR count). The highest BCUT2D eigenvalue weighted by Crippen LogP contribution is 2.29. The summed E-state index contributed by atoms with van der Waals surface area (Å²) >= 11 is 0. The van der Waals surface area contributed by atoms with E-state index in [1.165, 1.54) is 6.07 Å². The predicted molar refractivity (Wildman–Crippen MR) is 122 cm³/mol. The summed E-state index contributed by atoms with van der Waals surface area (Å²) in [6, 6.07) is 5.69. The van der Waals surface area contributed by atoms with Crippen LogP contribution in [0.3, 0.4) is 0 Å².